The molecule has 0 fully saturated rings. The lowest BCUT2D eigenvalue weighted by molar-refractivity contribution is 0.324. The predicted molar refractivity (Wildman–Crippen MR) is 88.5 cm³/mol. The van der Waals surface area contributed by atoms with E-state index in [1.54, 1.807) is 27.5 Å². The zero-order valence-electron chi connectivity index (χ0n) is 13.2. The molecule has 2 aromatic rings. The molecule has 22 heavy (non-hydrogen) atoms. The van der Waals surface area contributed by atoms with Crippen molar-refractivity contribution < 1.29 is 14.2 Å². The topological polar surface area (TPSA) is 52.1 Å². The van der Waals surface area contributed by atoms with Crippen LogP contribution >= 0.6 is 0 Å². The predicted octanol–water partition coefficient (Wildman–Crippen LogP) is 3.47. The maximum atomic E-state index is 5.41. The molecule has 0 radical (unpaired) electrons. The van der Waals surface area contributed by atoms with Crippen molar-refractivity contribution in [2.45, 2.75) is 6.92 Å². The highest BCUT2D eigenvalue weighted by atomic mass is 16.5. The molecule has 1 N–H and O–H groups in total. The van der Waals surface area contributed by atoms with Crippen molar-refractivity contribution in [1.82, 2.24) is 0 Å². The molecule has 0 aliphatic carbocycles. The third kappa shape index (κ3) is 3.31. The van der Waals surface area contributed by atoms with E-state index < -0.39 is 0 Å². The first-order valence-electron chi connectivity index (χ1n) is 6.85. The minimum atomic E-state index is 0.546. The van der Waals surface area contributed by atoms with E-state index in [1.165, 1.54) is 0 Å². The van der Waals surface area contributed by atoms with Gasteiger partial charge in [0.25, 0.3) is 0 Å². The van der Waals surface area contributed by atoms with Crippen LogP contribution in [-0.2, 0) is 0 Å². The number of ether oxygens (including phenoxy) is 3. The summed E-state index contributed by atoms with van der Waals surface area (Å²) in [6.45, 7) is 2.02. The Morgan fingerprint density at radius 1 is 0.909 bits per heavy atom. The van der Waals surface area contributed by atoms with Gasteiger partial charge in [0.05, 0.1) is 33.2 Å². The fraction of sp³-hybridized carbons (Fsp3) is 0.235. The van der Waals surface area contributed by atoms with Gasteiger partial charge < -0.3 is 14.2 Å². The lowest BCUT2D eigenvalue weighted by Gasteiger charge is -2.13. The minimum absolute atomic E-state index is 0.546. The van der Waals surface area contributed by atoms with Crippen LogP contribution in [-0.4, -0.2) is 27.5 Å². The third-order valence-electron chi connectivity index (χ3n) is 3.27. The van der Waals surface area contributed by atoms with Crippen LogP contribution < -0.4 is 19.6 Å². The molecule has 2 aromatic carbocycles. The maximum Gasteiger partial charge on any atom is 0.203 e. The molecule has 0 amide bonds. The van der Waals surface area contributed by atoms with Gasteiger partial charge in [0, 0.05) is 5.56 Å². The summed E-state index contributed by atoms with van der Waals surface area (Å²) in [6, 6.07) is 11.6. The smallest absolute Gasteiger partial charge is 0.203 e. The number of methoxy groups -OCH3 is 3. The number of nitrogens with zero attached hydrogens (tertiary/aromatic N) is 1. The van der Waals surface area contributed by atoms with Crippen LogP contribution in [0.1, 0.15) is 11.1 Å². The fourth-order valence-electron chi connectivity index (χ4n) is 2.10. The van der Waals surface area contributed by atoms with Crippen molar-refractivity contribution in [2.75, 3.05) is 26.8 Å². The minimum Gasteiger partial charge on any atom is -0.493 e. The monoisotopic (exact) mass is 300 g/mol. The zero-order valence-corrected chi connectivity index (χ0v) is 13.2. The standard InChI is InChI=1S/C17H20N2O3/c1-12-7-5-6-8-14(12)19-18-11-13-9-10-15(20-2)17(22-4)16(13)21-3/h5-11,19H,1-4H3. The van der Waals surface area contributed by atoms with Crippen molar-refractivity contribution in [1.29, 1.82) is 0 Å². The number of anilines is 1. The average molecular weight is 300 g/mol. The molecule has 0 aromatic heterocycles. The molecule has 0 spiro atoms. The molecular formula is C17H20N2O3. The van der Waals surface area contributed by atoms with Gasteiger partial charge in [-0.1, -0.05) is 18.2 Å². The number of para-hydroxylation sites is 1. The van der Waals surface area contributed by atoms with E-state index in [0.717, 1.165) is 16.8 Å². The van der Waals surface area contributed by atoms with Crippen LogP contribution in [0, 0.1) is 6.92 Å². The van der Waals surface area contributed by atoms with Crippen LogP contribution in [0.3, 0.4) is 0 Å². The molecule has 0 bridgehead atoms. The molecule has 0 heterocycles. The molecule has 116 valence electrons. The van der Waals surface area contributed by atoms with E-state index in [4.69, 9.17) is 14.2 Å². The highest BCUT2D eigenvalue weighted by Crippen LogP contribution is 2.38. The molecule has 0 saturated heterocycles. The van der Waals surface area contributed by atoms with Crippen molar-refractivity contribution in [2.24, 2.45) is 5.10 Å². The van der Waals surface area contributed by atoms with Crippen LogP contribution in [0.2, 0.25) is 0 Å². The van der Waals surface area contributed by atoms with Gasteiger partial charge in [-0.3, -0.25) is 5.43 Å². The lowest BCUT2D eigenvalue weighted by Crippen LogP contribution is -1.99. The normalized spacial score (nSPS) is 10.5. The van der Waals surface area contributed by atoms with Crippen molar-refractivity contribution >= 4 is 11.9 Å². The van der Waals surface area contributed by atoms with E-state index in [1.807, 2.05) is 43.3 Å². The second-order valence-electron chi connectivity index (χ2n) is 4.61. The SMILES string of the molecule is COc1ccc(C=NNc2ccccc2C)c(OC)c1OC. The number of hydrazone groups is 1. The number of aryl methyl sites for hydroxylation is 1. The molecule has 0 aliphatic rings. The molecule has 2 rings (SSSR count). The Morgan fingerprint density at radius 2 is 1.64 bits per heavy atom. The fourth-order valence-corrected chi connectivity index (χ4v) is 2.10. The van der Waals surface area contributed by atoms with Crippen LogP contribution in [0.4, 0.5) is 5.69 Å². The van der Waals surface area contributed by atoms with Gasteiger partial charge in [0.15, 0.2) is 11.5 Å². The zero-order chi connectivity index (χ0) is 15.9. The quantitative estimate of drug-likeness (QED) is 0.655. The summed E-state index contributed by atoms with van der Waals surface area (Å²) >= 11 is 0. The van der Waals surface area contributed by atoms with Gasteiger partial charge in [0.2, 0.25) is 5.75 Å². The molecule has 5 heteroatoms. The van der Waals surface area contributed by atoms with Crippen molar-refractivity contribution in [3.63, 3.8) is 0 Å². The van der Waals surface area contributed by atoms with Crippen molar-refractivity contribution in [3.8, 4) is 17.2 Å². The molecule has 0 aliphatic heterocycles. The number of hydrogen-bond donors (Lipinski definition) is 1. The summed E-state index contributed by atoms with van der Waals surface area (Å²) in [4.78, 5) is 0. The molecule has 5 nitrogen and oxygen atoms in total. The molecular weight excluding hydrogens is 280 g/mol. The van der Waals surface area contributed by atoms with Gasteiger partial charge >= 0.3 is 0 Å². The second-order valence-corrected chi connectivity index (χ2v) is 4.61. The van der Waals surface area contributed by atoms with E-state index in [2.05, 4.69) is 10.5 Å². The van der Waals surface area contributed by atoms with Crippen LogP contribution in [0.25, 0.3) is 0 Å². The Kier molecular flexibility index (Phi) is 5.25. The van der Waals surface area contributed by atoms with Crippen LogP contribution in [0.5, 0.6) is 17.2 Å². The number of hydrogen-bond acceptors (Lipinski definition) is 5. The van der Waals surface area contributed by atoms with E-state index in [9.17, 15) is 0 Å². The van der Waals surface area contributed by atoms with Gasteiger partial charge in [-0.25, -0.2) is 0 Å². The second kappa shape index (κ2) is 7.36. The summed E-state index contributed by atoms with van der Waals surface area (Å²) in [5.41, 5.74) is 5.89. The number of benzene rings is 2. The number of nitrogens with one attached hydrogen (secondary N) is 1. The maximum absolute atomic E-state index is 5.41. The molecule has 0 saturated carbocycles. The molecule has 0 atom stereocenters. The highest BCUT2D eigenvalue weighted by molar-refractivity contribution is 5.86. The van der Waals surface area contributed by atoms with E-state index >= 15 is 0 Å². The summed E-state index contributed by atoms with van der Waals surface area (Å²) in [7, 11) is 4.75. The largest absolute Gasteiger partial charge is 0.493 e. The van der Waals surface area contributed by atoms with Gasteiger partial charge in [0.1, 0.15) is 0 Å². The molecule has 0 unspecified atom stereocenters. The number of rotatable bonds is 6. The summed E-state index contributed by atoms with van der Waals surface area (Å²) in [6.07, 6.45) is 1.69. The lowest BCUT2D eigenvalue weighted by atomic mass is 10.2. The summed E-state index contributed by atoms with van der Waals surface area (Å²) in [5.74, 6) is 1.74. The first kappa shape index (κ1) is 15.7. The Balaban J connectivity index is 2.26. The van der Waals surface area contributed by atoms with Gasteiger partial charge in [-0.05, 0) is 30.7 Å². The summed E-state index contributed by atoms with van der Waals surface area (Å²) in [5, 5.41) is 4.26. The van der Waals surface area contributed by atoms with E-state index in [0.29, 0.717) is 17.2 Å². The van der Waals surface area contributed by atoms with Crippen molar-refractivity contribution in [3.05, 3.63) is 47.5 Å². The Labute approximate surface area is 130 Å². The first-order chi connectivity index (χ1) is 10.7. The van der Waals surface area contributed by atoms with Gasteiger partial charge in [-0.15, -0.1) is 0 Å². The van der Waals surface area contributed by atoms with Gasteiger partial charge in [-0.2, -0.15) is 5.10 Å². The third-order valence-corrected chi connectivity index (χ3v) is 3.27. The Hall–Kier alpha value is -2.69. The van der Waals surface area contributed by atoms with Crippen LogP contribution in [0.15, 0.2) is 41.5 Å². The first-order valence-corrected chi connectivity index (χ1v) is 6.85. The Bertz CT molecular complexity index is 669. The Morgan fingerprint density at radius 3 is 2.27 bits per heavy atom. The average Bonchev–Trinajstić information content (AvgIpc) is 2.55. The summed E-state index contributed by atoms with van der Waals surface area (Å²) < 4.78 is 16.0. The van der Waals surface area contributed by atoms with E-state index in [-0.39, 0.29) is 0 Å². The highest BCUT2D eigenvalue weighted by Gasteiger charge is 2.14.